The van der Waals surface area contributed by atoms with Crippen molar-refractivity contribution in [3.05, 3.63) is 29.8 Å². The molecule has 0 radical (unpaired) electrons. The number of alkyl carbamates (subject to hydrolysis) is 1. The second-order valence-electron chi connectivity index (χ2n) is 10.1. The lowest BCUT2D eigenvalue weighted by atomic mass is 9.95. The van der Waals surface area contributed by atoms with Crippen LogP contribution in [0.4, 0.5) is 4.79 Å². The van der Waals surface area contributed by atoms with E-state index in [-0.39, 0.29) is 17.7 Å². The van der Waals surface area contributed by atoms with Gasteiger partial charge >= 0.3 is 6.09 Å². The Morgan fingerprint density at radius 3 is 2.12 bits per heavy atom. The summed E-state index contributed by atoms with van der Waals surface area (Å²) in [4.78, 5) is 42.2. The normalized spacial score (nSPS) is 17.0. The molecule has 0 spiro atoms. The Labute approximate surface area is 191 Å². The van der Waals surface area contributed by atoms with Crippen LogP contribution in [0.5, 0.6) is 5.75 Å². The van der Waals surface area contributed by atoms with Gasteiger partial charge in [-0.3, -0.25) is 9.59 Å². The second-order valence-corrected chi connectivity index (χ2v) is 10.1. The first-order valence-corrected chi connectivity index (χ1v) is 11.0. The summed E-state index contributed by atoms with van der Waals surface area (Å²) in [5, 5.41) is 2.72. The third-order valence-electron chi connectivity index (χ3n) is 5.40. The van der Waals surface area contributed by atoms with Gasteiger partial charge in [0.05, 0.1) is 12.6 Å². The molecule has 8 heteroatoms. The highest BCUT2D eigenvalue weighted by atomic mass is 16.6. The fourth-order valence-corrected chi connectivity index (χ4v) is 3.75. The molecular formula is C24H37N3O5. The summed E-state index contributed by atoms with van der Waals surface area (Å²) >= 11 is 0. The van der Waals surface area contributed by atoms with Gasteiger partial charge in [0.2, 0.25) is 5.91 Å². The van der Waals surface area contributed by atoms with E-state index in [1.54, 1.807) is 61.9 Å². The maximum Gasteiger partial charge on any atom is 0.408 e. The predicted molar refractivity (Wildman–Crippen MR) is 123 cm³/mol. The van der Waals surface area contributed by atoms with E-state index in [0.717, 1.165) is 0 Å². The van der Waals surface area contributed by atoms with Crippen LogP contribution < -0.4 is 10.1 Å². The molecule has 1 fully saturated rings. The van der Waals surface area contributed by atoms with Gasteiger partial charge in [0, 0.05) is 25.2 Å². The Kier molecular flexibility index (Phi) is 7.80. The van der Waals surface area contributed by atoms with Gasteiger partial charge in [-0.15, -0.1) is 0 Å². The molecule has 8 nitrogen and oxygen atoms in total. The Hall–Kier alpha value is -2.77. The maximum absolute atomic E-state index is 13.3. The number of nitrogens with one attached hydrogen (secondary N) is 1. The minimum absolute atomic E-state index is 0.0861. The van der Waals surface area contributed by atoms with Crippen LogP contribution in [0.25, 0.3) is 0 Å². The van der Waals surface area contributed by atoms with Crippen molar-refractivity contribution < 1.29 is 23.9 Å². The Morgan fingerprint density at radius 2 is 1.66 bits per heavy atom. The van der Waals surface area contributed by atoms with Gasteiger partial charge in [-0.2, -0.15) is 0 Å². The van der Waals surface area contributed by atoms with Crippen molar-refractivity contribution in [1.82, 2.24) is 15.1 Å². The van der Waals surface area contributed by atoms with E-state index in [4.69, 9.17) is 9.47 Å². The standard InChI is InChI=1S/C24H37N3O5/c1-16(2)19(25-22(30)32-23(3,4)5)21(29)26-13-14-27(24(6,7)15-26)20(28)17-9-11-18(31-8)12-10-17/h9-12,16,19H,13-15H2,1-8H3,(H,25,30)/t19-/m0/s1. The first-order chi connectivity index (χ1) is 14.7. The fourth-order valence-electron chi connectivity index (χ4n) is 3.75. The molecule has 32 heavy (non-hydrogen) atoms. The van der Waals surface area contributed by atoms with Gasteiger partial charge in [-0.1, -0.05) is 13.8 Å². The third kappa shape index (κ3) is 6.37. The molecule has 1 aromatic rings. The van der Waals surface area contributed by atoms with E-state index in [2.05, 4.69) is 5.32 Å². The summed E-state index contributed by atoms with van der Waals surface area (Å²) in [5.41, 5.74) is -0.645. The first-order valence-electron chi connectivity index (χ1n) is 11.0. The minimum atomic E-state index is -0.704. The molecule has 0 unspecified atom stereocenters. The number of nitrogens with zero attached hydrogens (tertiary/aromatic N) is 2. The number of hydrogen-bond donors (Lipinski definition) is 1. The number of amides is 3. The monoisotopic (exact) mass is 447 g/mol. The Balaban J connectivity index is 2.10. The zero-order chi connectivity index (χ0) is 24.3. The van der Waals surface area contributed by atoms with E-state index in [9.17, 15) is 14.4 Å². The Morgan fingerprint density at radius 1 is 1.06 bits per heavy atom. The number of rotatable bonds is 5. The number of piperazine rings is 1. The molecule has 0 bridgehead atoms. The molecule has 1 atom stereocenters. The van der Waals surface area contributed by atoms with Gasteiger partial charge in [-0.25, -0.2) is 4.79 Å². The number of benzene rings is 1. The molecular weight excluding hydrogens is 410 g/mol. The summed E-state index contributed by atoms with van der Waals surface area (Å²) in [6.45, 7) is 14.2. The summed E-state index contributed by atoms with van der Waals surface area (Å²) in [7, 11) is 1.58. The molecule has 0 aromatic heterocycles. The fraction of sp³-hybridized carbons (Fsp3) is 0.625. The lowest BCUT2D eigenvalue weighted by Gasteiger charge is -2.48. The van der Waals surface area contributed by atoms with E-state index < -0.39 is 23.3 Å². The van der Waals surface area contributed by atoms with Crippen molar-refractivity contribution in [3.8, 4) is 5.75 Å². The van der Waals surface area contributed by atoms with Crippen LogP contribution in [0.1, 0.15) is 58.8 Å². The van der Waals surface area contributed by atoms with Crippen molar-refractivity contribution >= 4 is 17.9 Å². The van der Waals surface area contributed by atoms with Crippen LogP contribution in [-0.2, 0) is 9.53 Å². The number of carbonyl (C=O) groups excluding carboxylic acids is 3. The summed E-state index contributed by atoms with van der Waals surface area (Å²) in [5.74, 6) is 0.318. The predicted octanol–water partition coefficient (Wildman–Crippen LogP) is 3.31. The summed E-state index contributed by atoms with van der Waals surface area (Å²) < 4.78 is 10.5. The lowest BCUT2D eigenvalue weighted by Crippen LogP contribution is -2.64. The zero-order valence-electron chi connectivity index (χ0n) is 20.5. The molecule has 2 rings (SSSR count). The molecule has 3 amide bonds. The average Bonchev–Trinajstić information content (AvgIpc) is 2.69. The number of hydrogen-bond acceptors (Lipinski definition) is 5. The lowest BCUT2D eigenvalue weighted by molar-refractivity contribution is -0.138. The molecule has 1 saturated heterocycles. The van der Waals surface area contributed by atoms with Gasteiger partial charge < -0.3 is 24.6 Å². The van der Waals surface area contributed by atoms with E-state index >= 15 is 0 Å². The maximum atomic E-state index is 13.3. The average molecular weight is 448 g/mol. The van der Waals surface area contributed by atoms with E-state index in [0.29, 0.717) is 30.9 Å². The van der Waals surface area contributed by atoms with Gasteiger partial charge in [0.25, 0.3) is 5.91 Å². The number of carbonyl (C=O) groups is 3. The van der Waals surface area contributed by atoms with Gasteiger partial charge in [-0.05, 0) is 64.8 Å². The highest BCUT2D eigenvalue weighted by molar-refractivity contribution is 5.95. The molecule has 0 saturated carbocycles. The van der Waals surface area contributed by atoms with E-state index in [1.807, 2.05) is 27.7 Å². The Bertz CT molecular complexity index is 827. The zero-order valence-corrected chi connectivity index (χ0v) is 20.5. The third-order valence-corrected chi connectivity index (χ3v) is 5.40. The van der Waals surface area contributed by atoms with Crippen molar-refractivity contribution in [2.45, 2.75) is 65.6 Å². The first kappa shape index (κ1) is 25.5. The van der Waals surface area contributed by atoms with Crippen molar-refractivity contribution in [2.75, 3.05) is 26.7 Å². The topological polar surface area (TPSA) is 88.2 Å². The van der Waals surface area contributed by atoms with Crippen LogP contribution in [0, 0.1) is 5.92 Å². The minimum Gasteiger partial charge on any atom is -0.497 e. The van der Waals surface area contributed by atoms with Gasteiger partial charge in [0.1, 0.15) is 17.4 Å². The summed E-state index contributed by atoms with van der Waals surface area (Å²) in [6, 6.07) is 6.30. The number of methoxy groups -OCH3 is 1. The van der Waals surface area contributed by atoms with E-state index in [1.165, 1.54) is 0 Å². The SMILES string of the molecule is COc1ccc(C(=O)N2CCN(C(=O)[C@@H](NC(=O)OC(C)(C)C)C(C)C)CC2(C)C)cc1. The van der Waals surface area contributed by atoms with Crippen LogP contribution in [0.15, 0.2) is 24.3 Å². The van der Waals surface area contributed by atoms with Crippen molar-refractivity contribution in [1.29, 1.82) is 0 Å². The van der Waals surface area contributed by atoms with Crippen LogP contribution in [-0.4, -0.2) is 71.6 Å². The molecule has 1 aliphatic rings. The molecule has 178 valence electrons. The molecule has 0 aliphatic carbocycles. The quantitative estimate of drug-likeness (QED) is 0.748. The van der Waals surface area contributed by atoms with Crippen molar-refractivity contribution in [3.63, 3.8) is 0 Å². The largest absolute Gasteiger partial charge is 0.497 e. The molecule has 1 heterocycles. The molecule has 1 aliphatic heterocycles. The van der Waals surface area contributed by atoms with Gasteiger partial charge in [0.15, 0.2) is 0 Å². The number of ether oxygens (including phenoxy) is 2. The highest BCUT2D eigenvalue weighted by Crippen LogP contribution is 2.25. The molecule has 1 aromatic carbocycles. The highest BCUT2D eigenvalue weighted by Gasteiger charge is 2.41. The molecule has 1 N–H and O–H groups in total. The van der Waals surface area contributed by atoms with Crippen molar-refractivity contribution in [2.24, 2.45) is 5.92 Å². The second kappa shape index (κ2) is 9.79. The van der Waals surface area contributed by atoms with Crippen LogP contribution >= 0.6 is 0 Å². The smallest absolute Gasteiger partial charge is 0.408 e. The summed E-state index contributed by atoms with van der Waals surface area (Å²) in [6.07, 6.45) is -0.614. The van der Waals surface area contributed by atoms with Crippen LogP contribution in [0.2, 0.25) is 0 Å². The van der Waals surface area contributed by atoms with Crippen LogP contribution in [0.3, 0.4) is 0 Å².